The van der Waals surface area contributed by atoms with E-state index in [0.717, 1.165) is 38.5 Å². The summed E-state index contributed by atoms with van der Waals surface area (Å²) in [5.74, 6) is -1.08. The summed E-state index contributed by atoms with van der Waals surface area (Å²) in [5.41, 5.74) is 0. The Balaban J connectivity index is 1.38. The van der Waals surface area contributed by atoms with Gasteiger partial charge in [-0.1, -0.05) is 25.7 Å². The lowest BCUT2D eigenvalue weighted by Gasteiger charge is -2.42. The van der Waals surface area contributed by atoms with Gasteiger partial charge in [-0.25, -0.2) is 0 Å². The van der Waals surface area contributed by atoms with Gasteiger partial charge in [-0.2, -0.15) is 0 Å². The average Bonchev–Trinajstić information content (AvgIpc) is 3.16. The van der Waals surface area contributed by atoms with Gasteiger partial charge in [-0.05, 0) is 25.7 Å². The molecule has 0 aliphatic carbocycles. The fourth-order valence-electron chi connectivity index (χ4n) is 6.07. The van der Waals surface area contributed by atoms with Crippen LogP contribution in [0.15, 0.2) is 0 Å². The zero-order chi connectivity index (χ0) is 41.3. The zero-order valence-electron chi connectivity index (χ0n) is 32.7. The Kier molecular flexibility index (Phi) is 25.4. The second kappa shape index (κ2) is 28.7. The fraction of sp³-hybridized carbons (Fsp3) is 0.889. The average molecular weight is 811 g/mol. The molecule has 10 N–H and O–H groups in total. The molecular weight excluding hydrogens is 744 g/mol. The molecule has 2 heterocycles. The van der Waals surface area contributed by atoms with Crippen molar-refractivity contribution in [3.63, 3.8) is 0 Å². The Hall–Kier alpha value is -2.60. The van der Waals surface area contributed by atoms with Crippen molar-refractivity contribution in [1.82, 2.24) is 21.3 Å². The van der Waals surface area contributed by atoms with Crippen LogP contribution < -0.4 is 21.3 Å². The topological polar surface area (TPSA) is 293 Å². The molecule has 2 saturated heterocycles. The number of aliphatic hydroxyl groups is 6. The summed E-state index contributed by atoms with van der Waals surface area (Å²) in [4.78, 5) is 47.1. The second-order valence-electron chi connectivity index (χ2n) is 13.9. The van der Waals surface area contributed by atoms with Crippen LogP contribution in [0.5, 0.6) is 0 Å². The smallest absolute Gasteiger partial charge is 0.222 e. The highest BCUT2D eigenvalue weighted by Gasteiger charge is 2.46. The summed E-state index contributed by atoms with van der Waals surface area (Å²) in [6.07, 6.45) is -2.93. The van der Waals surface area contributed by atoms with Crippen LogP contribution in [0.25, 0.3) is 0 Å². The third-order valence-electron chi connectivity index (χ3n) is 9.17. The number of carbonyl (C=O) groups is 4. The Morgan fingerprint density at radius 3 is 1.25 bits per heavy atom. The van der Waals surface area contributed by atoms with Gasteiger partial charge in [-0.15, -0.1) is 0 Å². The van der Waals surface area contributed by atoms with Crippen molar-refractivity contribution in [2.45, 2.75) is 139 Å². The largest absolute Gasteiger partial charge is 0.394 e. The van der Waals surface area contributed by atoms with Crippen molar-refractivity contribution in [3.8, 4) is 0 Å². The van der Waals surface area contributed by atoms with Crippen LogP contribution in [-0.2, 0) is 47.6 Å². The maximum Gasteiger partial charge on any atom is 0.222 e. The van der Waals surface area contributed by atoms with Gasteiger partial charge in [0.1, 0.15) is 48.7 Å². The lowest BCUT2D eigenvalue weighted by molar-refractivity contribution is -0.270. The second-order valence-corrected chi connectivity index (χ2v) is 13.9. The summed E-state index contributed by atoms with van der Waals surface area (Å²) in [6, 6.07) is -1.94. The molecule has 2 aliphatic heterocycles. The van der Waals surface area contributed by atoms with E-state index in [0.29, 0.717) is 39.1 Å². The number of unbranched alkanes of at least 4 members (excludes halogenated alkanes) is 6. The molecule has 0 saturated carbocycles. The van der Waals surface area contributed by atoms with E-state index in [1.165, 1.54) is 13.8 Å². The lowest BCUT2D eigenvalue weighted by atomic mass is 9.97. The molecule has 56 heavy (non-hydrogen) atoms. The van der Waals surface area contributed by atoms with E-state index in [1.807, 2.05) is 0 Å². The van der Waals surface area contributed by atoms with E-state index in [1.54, 1.807) is 0 Å². The molecule has 2 aliphatic rings. The molecule has 2 rings (SSSR count). The highest BCUT2D eigenvalue weighted by molar-refractivity contribution is 5.76. The van der Waals surface area contributed by atoms with E-state index >= 15 is 0 Å². The Labute approximate surface area is 328 Å². The predicted molar refractivity (Wildman–Crippen MR) is 196 cm³/mol. The van der Waals surface area contributed by atoms with Crippen LogP contribution in [0.2, 0.25) is 0 Å². The van der Waals surface area contributed by atoms with Crippen LogP contribution in [0.3, 0.4) is 0 Å². The van der Waals surface area contributed by atoms with Gasteiger partial charge in [0.05, 0.1) is 39.6 Å². The van der Waals surface area contributed by atoms with Crippen molar-refractivity contribution in [1.29, 1.82) is 0 Å². The van der Waals surface area contributed by atoms with E-state index in [-0.39, 0.29) is 51.1 Å². The normalized spacial score (nSPS) is 27.7. The van der Waals surface area contributed by atoms with Crippen molar-refractivity contribution >= 4 is 23.6 Å². The quantitative estimate of drug-likeness (QED) is 0.0339. The first kappa shape index (κ1) is 49.5. The monoisotopic (exact) mass is 810 g/mol. The van der Waals surface area contributed by atoms with Crippen LogP contribution in [0.4, 0.5) is 0 Å². The third kappa shape index (κ3) is 19.2. The molecule has 4 amide bonds. The van der Waals surface area contributed by atoms with Crippen LogP contribution in [0, 0.1) is 0 Å². The first-order valence-corrected chi connectivity index (χ1v) is 19.6. The molecule has 4 unspecified atom stereocenters. The zero-order valence-corrected chi connectivity index (χ0v) is 32.7. The summed E-state index contributed by atoms with van der Waals surface area (Å²) < 4.78 is 33.3. The van der Waals surface area contributed by atoms with Crippen molar-refractivity contribution < 1.29 is 78.2 Å². The first-order chi connectivity index (χ1) is 26.9. The Bertz CT molecular complexity index is 1040. The maximum atomic E-state index is 12.1. The Morgan fingerprint density at radius 2 is 0.893 bits per heavy atom. The molecule has 20 heteroatoms. The van der Waals surface area contributed by atoms with E-state index < -0.39 is 86.3 Å². The number of ether oxygens (including phenoxy) is 6. The van der Waals surface area contributed by atoms with Gasteiger partial charge < -0.3 is 80.3 Å². The number of amides is 4. The van der Waals surface area contributed by atoms with Crippen molar-refractivity contribution in [2.75, 3.05) is 65.9 Å². The third-order valence-corrected chi connectivity index (χ3v) is 9.17. The van der Waals surface area contributed by atoms with E-state index in [2.05, 4.69) is 21.3 Å². The van der Waals surface area contributed by atoms with Gasteiger partial charge >= 0.3 is 0 Å². The van der Waals surface area contributed by atoms with Gasteiger partial charge in [0.15, 0.2) is 12.6 Å². The Morgan fingerprint density at radius 1 is 0.518 bits per heavy atom. The molecule has 20 nitrogen and oxygen atoms in total. The van der Waals surface area contributed by atoms with Gasteiger partial charge in [0, 0.05) is 53.0 Å². The first-order valence-electron chi connectivity index (χ1n) is 19.6. The standard InChI is InChI=1S/C36H66N4O16/c1-23(43)39-29-33(49)31(47)25(21-41)55-35(29)53-15-9-5-3-7-13-37-27(45)11-17-51-19-20-52-18-12-28(46)38-14-8-4-6-10-16-54-36-30(40-24(2)44)34(50)32(48)26(22-42)56-36/h25-26,29-36,41-42,47-50H,3-22H2,1-2H3,(H,37,45)(H,38,46)(H,39,43)(H,40,44)/t25?,26?,29?,30?,31-,32-,33+,34+,35+,36+/m0/s1. The molecule has 10 atom stereocenters. The van der Waals surface area contributed by atoms with E-state index in [4.69, 9.17) is 28.4 Å². The SMILES string of the molecule is CC(=O)NC1[C@H](OCCCCCCNC(=O)CCOCCOCCC(=O)NCCCCCCO[C@@H]2OC(CO)[C@H](O)[C@H](O)C2NC(C)=O)OC(CO)[C@H](O)[C@@H]1O. The molecule has 0 radical (unpaired) electrons. The number of nitrogens with one attached hydrogen (secondary N) is 4. The predicted octanol–water partition coefficient (Wildman–Crippen LogP) is -2.93. The summed E-state index contributed by atoms with van der Waals surface area (Å²) >= 11 is 0. The van der Waals surface area contributed by atoms with Crippen LogP contribution in [0.1, 0.15) is 78.1 Å². The highest BCUT2D eigenvalue weighted by atomic mass is 16.7. The highest BCUT2D eigenvalue weighted by Crippen LogP contribution is 2.24. The van der Waals surface area contributed by atoms with Crippen molar-refractivity contribution in [2.24, 2.45) is 0 Å². The fourth-order valence-corrected chi connectivity index (χ4v) is 6.07. The molecule has 326 valence electrons. The summed E-state index contributed by atoms with van der Waals surface area (Å²) in [7, 11) is 0. The van der Waals surface area contributed by atoms with Gasteiger partial charge in [0.25, 0.3) is 0 Å². The van der Waals surface area contributed by atoms with Crippen LogP contribution >= 0.6 is 0 Å². The maximum absolute atomic E-state index is 12.1. The van der Waals surface area contributed by atoms with Crippen LogP contribution in [-0.4, -0.2) is 181 Å². The molecule has 0 aromatic heterocycles. The number of aliphatic hydroxyl groups excluding tert-OH is 6. The summed E-state index contributed by atoms with van der Waals surface area (Å²) in [6.45, 7) is 4.21. The summed E-state index contributed by atoms with van der Waals surface area (Å²) in [5, 5.41) is 70.3. The minimum absolute atomic E-state index is 0.123. The molecule has 0 spiro atoms. The number of rotatable bonds is 29. The van der Waals surface area contributed by atoms with Gasteiger partial charge in [-0.3, -0.25) is 19.2 Å². The molecule has 0 bridgehead atoms. The molecular formula is C36H66N4O16. The minimum atomic E-state index is -1.36. The number of carbonyl (C=O) groups excluding carboxylic acids is 4. The number of hydrogen-bond acceptors (Lipinski definition) is 16. The molecule has 0 aromatic rings. The van der Waals surface area contributed by atoms with E-state index in [9.17, 15) is 49.8 Å². The van der Waals surface area contributed by atoms with Gasteiger partial charge in [0.2, 0.25) is 23.6 Å². The lowest BCUT2D eigenvalue weighted by Crippen LogP contribution is -2.64. The molecule has 0 aromatic carbocycles. The minimum Gasteiger partial charge on any atom is -0.394 e. The number of hydrogen-bond donors (Lipinski definition) is 10. The van der Waals surface area contributed by atoms with Crippen molar-refractivity contribution in [3.05, 3.63) is 0 Å². The molecule has 2 fully saturated rings.